The van der Waals surface area contributed by atoms with Gasteiger partial charge in [-0.3, -0.25) is 4.79 Å². The average molecular weight is 311 g/mol. The van der Waals surface area contributed by atoms with E-state index >= 15 is 0 Å². The van der Waals surface area contributed by atoms with Gasteiger partial charge >= 0.3 is 0 Å². The van der Waals surface area contributed by atoms with Gasteiger partial charge in [-0.15, -0.1) is 0 Å². The van der Waals surface area contributed by atoms with E-state index in [2.05, 4.69) is 18.3 Å². The summed E-state index contributed by atoms with van der Waals surface area (Å²) in [7, 11) is 0. The van der Waals surface area contributed by atoms with Gasteiger partial charge in [0.2, 0.25) is 5.91 Å². The first-order valence-electron chi connectivity index (χ1n) is 7.83. The van der Waals surface area contributed by atoms with Crippen LogP contribution in [0.3, 0.4) is 0 Å². The third kappa shape index (κ3) is 3.83. The Morgan fingerprint density at radius 1 is 1.17 bits per heavy atom. The summed E-state index contributed by atoms with van der Waals surface area (Å²) < 4.78 is 11.5. The molecule has 0 radical (unpaired) electrons. The molecule has 1 atom stereocenters. The molecular formula is C19H21NO3. The molecule has 2 aromatic carbocycles. The van der Waals surface area contributed by atoms with Crippen LogP contribution in [0.5, 0.6) is 11.5 Å². The molecule has 1 aliphatic heterocycles. The monoisotopic (exact) mass is 311 g/mol. The molecule has 120 valence electrons. The van der Waals surface area contributed by atoms with E-state index in [1.54, 1.807) is 0 Å². The van der Waals surface area contributed by atoms with Crippen molar-refractivity contribution >= 4 is 5.91 Å². The van der Waals surface area contributed by atoms with Crippen LogP contribution in [-0.2, 0) is 11.2 Å². The molecular weight excluding hydrogens is 290 g/mol. The number of ether oxygens (including phenoxy) is 2. The van der Waals surface area contributed by atoms with Gasteiger partial charge in [0.15, 0.2) is 11.5 Å². The first-order valence-corrected chi connectivity index (χ1v) is 7.83. The molecule has 0 bridgehead atoms. The highest BCUT2D eigenvalue weighted by Gasteiger charge is 2.21. The van der Waals surface area contributed by atoms with Gasteiger partial charge in [0.05, 0.1) is 13.0 Å². The van der Waals surface area contributed by atoms with Gasteiger partial charge in [-0.2, -0.15) is 0 Å². The maximum atomic E-state index is 12.1. The minimum atomic E-state index is -0.159. The minimum Gasteiger partial charge on any atom is -0.486 e. The summed E-state index contributed by atoms with van der Waals surface area (Å²) in [4.78, 5) is 12.1. The van der Waals surface area contributed by atoms with Crippen molar-refractivity contribution in [1.82, 2.24) is 5.32 Å². The summed E-state index contributed by atoms with van der Waals surface area (Å²) in [5.74, 6) is 1.48. The number of nitrogens with one attached hydrogen (secondary N) is 1. The highest BCUT2D eigenvalue weighted by atomic mass is 16.6. The van der Waals surface area contributed by atoms with Gasteiger partial charge in [-0.25, -0.2) is 0 Å². The number of fused-ring (bicyclic) bond motifs is 1. The Morgan fingerprint density at radius 3 is 2.74 bits per heavy atom. The smallest absolute Gasteiger partial charge is 0.224 e. The van der Waals surface area contributed by atoms with Gasteiger partial charge in [-0.05, 0) is 37.1 Å². The van der Waals surface area contributed by atoms with Crippen LogP contribution >= 0.6 is 0 Å². The highest BCUT2D eigenvalue weighted by molar-refractivity contribution is 5.79. The van der Waals surface area contributed by atoms with Crippen LogP contribution in [0.15, 0.2) is 42.5 Å². The number of hydrogen-bond donors (Lipinski definition) is 1. The Kier molecular flexibility index (Phi) is 4.51. The molecule has 3 rings (SSSR count). The maximum Gasteiger partial charge on any atom is 0.224 e. The average Bonchev–Trinajstić information content (AvgIpc) is 2.55. The second kappa shape index (κ2) is 6.73. The van der Waals surface area contributed by atoms with E-state index in [4.69, 9.17) is 9.47 Å². The molecule has 1 amide bonds. The zero-order chi connectivity index (χ0) is 16.2. The van der Waals surface area contributed by atoms with Gasteiger partial charge in [-0.1, -0.05) is 35.9 Å². The van der Waals surface area contributed by atoms with Crippen molar-refractivity contribution in [2.45, 2.75) is 26.4 Å². The van der Waals surface area contributed by atoms with Crippen LogP contribution in [0, 0.1) is 13.8 Å². The van der Waals surface area contributed by atoms with Gasteiger partial charge in [0, 0.05) is 0 Å². The van der Waals surface area contributed by atoms with Crippen molar-refractivity contribution in [3.63, 3.8) is 0 Å². The van der Waals surface area contributed by atoms with Crippen LogP contribution in [0.2, 0.25) is 0 Å². The van der Waals surface area contributed by atoms with Crippen LogP contribution in [0.1, 0.15) is 16.7 Å². The summed E-state index contributed by atoms with van der Waals surface area (Å²) >= 11 is 0. The molecule has 0 saturated heterocycles. The van der Waals surface area contributed by atoms with E-state index in [9.17, 15) is 4.79 Å². The van der Waals surface area contributed by atoms with Crippen molar-refractivity contribution in [2.75, 3.05) is 13.2 Å². The quantitative estimate of drug-likeness (QED) is 0.944. The number of hydrogen-bond acceptors (Lipinski definition) is 3. The lowest BCUT2D eigenvalue weighted by Gasteiger charge is -2.26. The van der Waals surface area contributed by atoms with Crippen LogP contribution in [0.4, 0.5) is 0 Å². The Bertz CT molecular complexity index is 712. The second-order valence-electron chi connectivity index (χ2n) is 5.91. The fraction of sp³-hybridized carbons (Fsp3) is 0.316. The molecule has 1 unspecified atom stereocenters. The topological polar surface area (TPSA) is 47.6 Å². The molecule has 0 spiro atoms. The molecule has 4 nitrogen and oxygen atoms in total. The zero-order valence-corrected chi connectivity index (χ0v) is 13.5. The molecule has 1 aliphatic rings. The number of aryl methyl sites for hydroxylation is 2. The third-order valence-electron chi connectivity index (χ3n) is 3.94. The first-order chi connectivity index (χ1) is 11.1. The van der Waals surface area contributed by atoms with Gasteiger partial charge < -0.3 is 14.8 Å². The molecule has 1 heterocycles. The Hall–Kier alpha value is -2.49. The Balaban J connectivity index is 1.52. The molecule has 2 aromatic rings. The highest BCUT2D eigenvalue weighted by Crippen LogP contribution is 2.30. The lowest BCUT2D eigenvalue weighted by Crippen LogP contribution is -2.41. The molecule has 0 saturated carbocycles. The van der Waals surface area contributed by atoms with Gasteiger partial charge in [0.1, 0.15) is 12.7 Å². The molecule has 0 aromatic heterocycles. The lowest BCUT2D eigenvalue weighted by atomic mass is 10.0. The number of benzene rings is 2. The number of carbonyl (C=O) groups excluding carboxylic acids is 1. The fourth-order valence-electron chi connectivity index (χ4n) is 2.67. The van der Waals surface area contributed by atoms with Crippen LogP contribution in [-0.4, -0.2) is 25.2 Å². The number of rotatable bonds is 4. The Labute approximate surface area is 136 Å². The second-order valence-corrected chi connectivity index (χ2v) is 5.91. The van der Waals surface area contributed by atoms with E-state index < -0.39 is 0 Å². The van der Waals surface area contributed by atoms with Crippen molar-refractivity contribution in [3.05, 3.63) is 59.2 Å². The summed E-state index contributed by atoms with van der Waals surface area (Å²) in [6.45, 7) is 4.97. The molecule has 1 N–H and O–H groups in total. The van der Waals surface area contributed by atoms with E-state index in [0.29, 0.717) is 19.6 Å². The van der Waals surface area contributed by atoms with Crippen molar-refractivity contribution < 1.29 is 14.3 Å². The largest absolute Gasteiger partial charge is 0.486 e. The first kappa shape index (κ1) is 15.4. The predicted molar refractivity (Wildman–Crippen MR) is 89.0 cm³/mol. The van der Waals surface area contributed by atoms with Crippen molar-refractivity contribution in [3.8, 4) is 11.5 Å². The lowest BCUT2D eigenvalue weighted by molar-refractivity contribution is -0.120. The molecule has 0 fully saturated rings. The minimum absolute atomic E-state index is 0.000545. The summed E-state index contributed by atoms with van der Waals surface area (Å²) in [6, 6.07) is 13.7. The third-order valence-corrected chi connectivity index (χ3v) is 3.94. The summed E-state index contributed by atoms with van der Waals surface area (Å²) in [5, 5.41) is 2.93. The van der Waals surface area contributed by atoms with E-state index in [1.807, 2.05) is 43.3 Å². The molecule has 23 heavy (non-hydrogen) atoms. The van der Waals surface area contributed by atoms with Gasteiger partial charge in [0.25, 0.3) is 0 Å². The fourth-order valence-corrected chi connectivity index (χ4v) is 2.67. The standard InChI is InChI=1S/C19H21NO3/c1-13-7-8-15(14(2)9-13)10-19(21)20-11-16-12-22-17-5-3-4-6-18(17)23-16/h3-9,16H,10-12H2,1-2H3,(H,20,21). The van der Waals surface area contributed by atoms with Crippen LogP contribution < -0.4 is 14.8 Å². The van der Waals surface area contributed by atoms with E-state index in [0.717, 1.165) is 22.6 Å². The number of carbonyl (C=O) groups is 1. The molecule has 0 aliphatic carbocycles. The van der Waals surface area contributed by atoms with E-state index in [1.165, 1.54) is 5.56 Å². The SMILES string of the molecule is Cc1ccc(CC(=O)NCC2COc3ccccc3O2)c(C)c1. The maximum absolute atomic E-state index is 12.1. The molecule has 4 heteroatoms. The zero-order valence-electron chi connectivity index (χ0n) is 13.5. The summed E-state index contributed by atoms with van der Waals surface area (Å²) in [6.07, 6.45) is 0.226. The normalized spacial score (nSPS) is 16.0. The predicted octanol–water partition coefficient (Wildman–Crippen LogP) is 2.80. The van der Waals surface area contributed by atoms with Crippen molar-refractivity contribution in [2.24, 2.45) is 0 Å². The summed E-state index contributed by atoms with van der Waals surface area (Å²) in [5.41, 5.74) is 3.41. The van der Waals surface area contributed by atoms with Crippen LogP contribution in [0.25, 0.3) is 0 Å². The number of amides is 1. The Morgan fingerprint density at radius 2 is 1.96 bits per heavy atom. The van der Waals surface area contributed by atoms with Crippen molar-refractivity contribution in [1.29, 1.82) is 0 Å². The van der Waals surface area contributed by atoms with E-state index in [-0.39, 0.29) is 12.0 Å². The number of para-hydroxylation sites is 2.